The molecule has 4 nitrogen and oxygen atoms in total. The molecule has 1 amide bonds. The highest BCUT2D eigenvalue weighted by atomic mass is 16.5. The molecule has 1 spiro atoms. The molecule has 0 aromatic heterocycles. The molecule has 1 aromatic carbocycles. The lowest BCUT2D eigenvalue weighted by atomic mass is 9.65. The SMILES string of the molecule is CCCCCCCCCCCCCC1OC2CC(O)C=CC23C1C(=O)N3Cc1ccccc1. The highest BCUT2D eigenvalue weighted by molar-refractivity contribution is 5.90. The van der Waals surface area contributed by atoms with Crippen molar-refractivity contribution in [2.45, 2.75) is 121 Å². The van der Waals surface area contributed by atoms with Gasteiger partial charge in [-0.1, -0.05) is 120 Å². The maximum absolute atomic E-state index is 13.2. The first kappa shape index (κ1) is 24.5. The summed E-state index contributed by atoms with van der Waals surface area (Å²) < 4.78 is 6.47. The van der Waals surface area contributed by atoms with E-state index in [2.05, 4.69) is 25.1 Å². The van der Waals surface area contributed by atoms with E-state index in [-0.39, 0.29) is 29.6 Å². The summed E-state index contributed by atoms with van der Waals surface area (Å²) in [5.41, 5.74) is 0.778. The molecule has 0 saturated carbocycles. The number of rotatable bonds is 14. The van der Waals surface area contributed by atoms with Gasteiger partial charge >= 0.3 is 0 Å². The van der Waals surface area contributed by atoms with E-state index in [0.29, 0.717) is 13.0 Å². The van der Waals surface area contributed by atoms with Gasteiger partial charge in [-0.25, -0.2) is 0 Å². The number of benzene rings is 1. The first-order chi connectivity index (χ1) is 16.2. The lowest BCUT2D eigenvalue weighted by Gasteiger charge is -2.56. The van der Waals surface area contributed by atoms with Crippen LogP contribution in [0.1, 0.15) is 96.0 Å². The fourth-order valence-electron chi connectivity index (χ4n) is 6.22. The second kappa shape index (κ2) is 11.7. The number of unbranched alkanes of at least 4 members (excludes halogenated alkanes) is 10. The van der Waals surface area contributed by atoms with Crippen LogP contribution in [0, 0.1) is 5.92 Å². The van der Waals surface area contributed by atoms with E-state index in [0.717, 1.165) is 18.4 Å². The van der Waals surface area contributed by atoms with Crippen molar-refractivity contribution in [3.8, 4) is 0 Å². The van der Waals surface area contributed by atoms with Crippen LogP contribution in [-0.4, -0.2) is 39.8 Å². The Morgan fingerprint density at radius 3 is 2.27 bits per heavy atom. The topological polar surface area (TPSA) is 49.8 Å². The van der Waals surface area contributed by atoms with Gasteiger partial charge in [-0.05, 0) is 12.0 Å². The molecule has 1 aliphatic carbocycles. The lowest BCUT2D eigenvalue weighted by Crippen LogP contribution is -2.73. The summed E-state index contributed by atoms with van der Waals surface area (Å²) in [6.07, 6.45) is 19.5. The number of hydrogen-bond acceptors (Lipinski definition) is 3. The molecule has 33 heavy (non-hydrogen) atoms. The highest BCUT2D eigenvalue weighted by Crippen LogP contribution is 2.55. The van der Waals surface area contributed by atoms with Crippen molar-refractivity contribution < 1.29 is 14.6 Å². The number of likely N-dealkylation sites (tertiary alicyclic amines) is 1. The van der Waals surface area contributed by atoms with Gasteiger partial charge in [-0.2, -0.15) is 0 Å². The normalized spacial score (nSPS) is 30.2. The van der Waals surface area contributed by atoms with E-state index in [1.54, 1.807) is 0 Å². The van der Waals surface area contributed by atoms with Crippen LogP contribution in [0.15, 0.2) is 42.5 Å². The van der Waals surface area contributed by atoms with Crippen LogP contribution in [0.2, 0.25) is 0 Å². The third-order valence-electron chi connectivity index (χ3n) is 8.04. The van der Waals surface area contributed by atoms with Crippen molar-refractivity contribution in [1.82, 2.24) is 4.90 Å². The number of nitrogens with zero attached hydrogens (tertiary/aromatic N) is 1. The lowest BCUT2D eigenvalue weighted by molar-refractivity contribution is -0.166. The van der Waals surface area contributed by atoms with E-state index in [1.807, 2.05) is 29.2 Å². The molecule has 1 N–H and O–H groups in total. The Kier molecular flexibility index (Phi) is 8.65. The predicted octanol–water partition coefficient (Wildman–Crippen LogP) is 6.17. The third kappa shape index (κ3) is 5.38. The van der Waals surface area contributed by atoms with Gasteiger partial charge in [0.25, 0.3) is 0 Å². The maximum Gasteiger partial charge on any atom is 0.232 e. The zero-order valence-electron chi connectivity index (χ0n) is 20.5. The summed E-state index contributed by atoms with van der Waals surface area (Å²) >= 11 is 0. The Labute approximate surface area is 200 Å². The van der Waals surface area contributed by atoms with Gasteiger partial charge in [0.15, 0.2) is 0 Å². The molecule has 4 heteroatoms. The van der Waals surface area contributed by atoms with Crippen LogP contribution in [0.5, 0.6) is 0 Å². The third-order valence-corrected chi connectivity index (χ3v) is 8.04. The number of carbonyl (C=O) groups excluding carboxylic acids is 1. The Balaban J connectivity index is 1.24. The molecule has 2 heterocycles. The van der Waals surface area contributed by atoms with Crippen molar-refractivity contribution in [1.29, 1.82) is 0 Å². The molecule has 4 rings (SSSR count). The van der Waals surface area contributed by atoms with Crippen LogP contribution in [0.3, 0.4) is 0 Å². The quantitative estimate of drug-likeness (QED) is 0.208. The minimum atomic E-state index is -0.476. The second-order valence-electron chi connectivity index (χ2n) is 10.4. The van der Waals surface area contributed by atoms with Crippen LogP contribution < -0.4 is 0 Å². The van der Waals surface area contributed by atoms with E-state index < -0.39 is 6.10 Å². The van der Waals surface area contributed by atoms with Crippen molar-refractivity contribution in [2.24, 2.45) is 5.92 Å². The van der Waals surface area contributed by atoms with E-state index in [4.69, 9.17) is 4.74 Å². The van der Waals surface area contributed by atoms with Gasteiger partial charge in [-0.15, -0.1) is 0 Å². The molecule has 2 aliphatic heterocycles. The molecule has 3 aliphatic rings. The zero-order chi connectivity index (χ0) is 23.1. The van der Waals surface area contributed by atoms with Crippen molar-refractivity contribution >= 4 is 5.91 Å². The maximum atomic E-state index is 13.2. The Hall–Kier alpha value is -1.65. The van der Waals surface area contributed by atoms with Gasteiger partial charge in [0, 0.05) is 13.0 Å². The molecular formula is C29H43NO3. The molecular weight excluding hydrogens is 410 g/mol. The highest BCUT2D eigenvalue weighted by Gasteiger charge is 2.70. The molecule has 1 aromatic rings. The average Bonchev–Trinajstić information content (AvgIpc) is 3.11. The number of aliphatic hydroxyl groups is 1. The number of β-lactam (4-membered cyclic amide) rings is 1. The van der Waals surface area contributed by atoms with Gasteiger partial charge in [0.2, 0.25) is 5.91 Å². The summed E-state index contributed by atoms with van der Waals surface area (Å²) in [4.78, 5) is 15.2. The van der Waals surface area contributed by atoms with Crippen molar-refractivity contribution in [2.75, 3.05) is 0 Å². The summed E-state index contributed by atoms with van der Waals surface area (Å²) in [7, 11) is 0. The van der Waals surface area contributed by atoms with E-state index >= 15 is 0 Å². The van der Waals surface area contributed by atoms with Gasteiger partial charge in [0.1, 0.15) is 5.54 Å². The monoisotopic (exact) mass is 453 g/mol. The predicted molar refractivity (Wildman–Crippen MR) is 133 cm³/mol. The molecule has 2 fully saturated rings. The minimum absolute atomic E-state index is 0.0111. The molecule has 5 unspecified atom stereocenters. The van der Waals surface area contributed by atoms with Crippen LogP contribution in [0.4, 0.5) is 0 Å². The summed E-state index contributed by atoms with van der Waals surface area (Å²) in [6.45, 7) is 2.88. The van der Waals surface area contributed by atoms with Gasteiger partial charge in [-0.3, -0.25) is 4.79 Å². The molecule has 182 valence electrons. The minimum Gasteiger partial charge on any atom is -0.389 e. The largest absolute Gasteiger partial charge is 0.389 e. The number of ether oxygens (including phenoxy) is 1. The first-order valence-electron chi connectivity index (χ1n) is 13.5. The fraction of sp³-hybridized carbons (Fsp3) is 0.690. The Morgan fingerprint density at radius 2 is 1.61 bits per heavy atom. The summed E-state index contributed by atoms with van der Waals surface area (Å²) in [5, 5.41) is 10.2. The van der Waals surface area contributed by atoms with Gasteiger partial charge < -0.3 is 14.7 Å². The van der Waals surface area contributed by atoms with Crippen LogP contribution >= 0.6 is 0 Å². The molecule has 5 atom stereocenters. The average molecular weight is 454 g/mol. The van der Waals surface area contributed by atoms with Crippen molar-refractivity contribution in [3.05, 3.63) is 48.0 Å². The summed E-state index contributed by atoms with van der Waals surface area (Å²) in [6, 6.07) is 10.2. The van der Waals surface area contributed by atoms with Crippen LogP contribution in [0.25, 0.3) is 0 Å². The molecule has 0 radical (unpaired) electrons. The number of amides is 1. The van der Waals surface area contributed by atoms with E-state index in [9.17, 15) is 9.90 Å². The first-order valence-corrected chi connectivity index (χ1v) is 13.5. The van der Waals surface area contributed by atoms with Crippen molar-refractivity contribution in [3.63, 3.8) is 0 Å². The van der Waals surface area contributed by atoms with Crippen LogP contribution in [-0.2, 0) is 16.1 Å². The van der Waals surface area contributed by atoms with Gasteiger partial charge in [0.05, 0.1) is 24.2 Å². The molecule has 0 bridgehead atoms. The second-order valence-corrected chi connectivity index (χ2v) is 10.4. The summed E-state index contributed by atoms with van der Waals surface area (Å²) in [5.74, 6) is 0.133. The number of hydrogen-bond donors (Lipinski definition) is 1. The standard InChI is InChI=1S/C29H43NO3/c1-2-3-4-5-6-7-8-9-10-11-15-18-25-27-28(32)30(22-23-16-13-12-14-17-23)29(27)20-19-24(31)21-26(29)33-25/h12-14,16-17,19-20,24-27,31H,2-11,15,18,21-22H2,1H3. The zero-order valence-corrected chi connectivity index (χ0v) is 20.5. The Morgan fingerprint density at radius 1 is 0.970 bits per heavy atom. The van der Waals surface area contributed by atoms with E-state index in [1.165, 1.54) is 64.2 Å². The smallest absolute Gasteiger partial charge is 0.232 e. The number of carbonyl (C=O) groups is 1. The Bertz CT molecular complexity index is 778. The number of aliphatic hydroxyl groups excluding tert-OH is 1. The molecule has 2 saturated heterocycles. The fourth-order valence-corrected chi connectivity index (χ4v) is 6.22.